The average Bonchev–Trinajstić information content (AvgIpc) is 3.06. The molecular weight excluding hydrogens is 236 g/mol. The van der Waals surface area contributed by atoms with E-state index in [0.29, 0.717) is 31.0 Å². The van der Waals surface area contributed by atoms with E-state index in [1.807, 2.05) is 0 Å². The van der Waals surface area contributed by atoms with E-state index < -0.39 is 10.0 Å². The van der Waals surface area contributed by atoms with Crippen LogP contribution in [0.4, 0.5) is 0 Å². The average molecular weight is 262 g/mol. The Labute approximate surface area is 106 Å². The van der Waals surface area contributed by atoms with Crippen LogP contribution < -0.4 is 10.0 Å². The van der Waals surface area contributed by atoms with Crippen molar-refractivity contribution in [2.45, 2.75) is 51.8 Å². The van der Waals surface area contributed by atoms with Gasteiger partial charge in [0.1, 0.15) is 0 Å². The molecule has 0 saturated heterocycles. The van der Waals surface area contributed by atoms with E-state index in [4.69, 9.17) is 0 Å². The van der Waals surface area contributed by atoms with Crippen LogP contribution in [0.3, 0.4) is 0 Å². The molecule has 0 aromatic heterocycles. The van der Waals surface area contributed by atoms with Gasteiger partial charge in [0.15, 0.2) is 0 Å². The Kier molecular flexibility index (Phi) is 5.41. The highest BCUT2D eigenvalue weighted by Crippen LogP contribution is 2.18. The van der Waals surface area contributed by atoms with Crippen molar-refractivity contribution in [3.05, 3.63) is 0 Å². The van der Waals surface area contributed by atoms with Crippen molar-refractivity contribution in [2.24, 2.45) is 11.8 Å². The van der Waals surface area contributed by atoms with Crippen LogP contribution in [-0.4, -0.2) is 32.8 Å². The fourth-order valence-electron chi connectivity index (χ4n) is 1.36. The second-order valence-corrected chi connectivity index (χ2v) is 7.79. The van der Waals surface area contributed by atoms with Crippen molar-refractivity contribution >= 4 is 10.0 Å². The maximum absolute atomic E-state index is 11.9. The molecule has 1 saturated carbocycles. The molecule has 1 fully saturated rings. The third-order valence-electron chi connectivity index (χ3n) is 3.55. The fourth-order valence-corrected chi connectivity index (χ4v) is 2.45. The lowest BCUT2D eigenvalue weighted by molar-refractivity contribution is 0.413. The molecule has 1 aliphatic carbocycles. The smallest absolute Gasteiger partial charge is 0.215 e. The Hall–Kier alpha value is -0.130. The fraction of sp³-hybridized carbons (Fsp3) is 1.00. The van der Waals surface area contributed by atoms with Crippen LogP contribution in [0, 0.1) is 11.8 Å². The molecule has 0 spiro atoms. The summed E-state index contributed by atoms with van der Waals surface area (Å²) in [7, 11) is -3.17. The van der Waals surface area contributed by atoms with Crippen molar-refractivity contribution in [3.8, 4) is 0 Å². The van der Waals surface area contributed by atoms with E-state index in [-0.39, 0.29) is 5.25 Å². The predicted octanol–water partition coefficient (Wildman–Crippen LogP) is 1.34. The first kappa shape index (κ1) is 14.9. The van der Waals surface area contributed by atoms with E-state index in [1.54, 1.807) is 6.92 Å². The van der Waals surface area contributed by atoms with Crippen molar-refractivity contribution in [3.63, 3.8) is 0 Å². The van der Waals surface area contributed by atoms with Gasteiger partial charge in [-0.1, -0.05) is 20.8 Å². The highest BCUT2D eigenvalue weighted by Gasteiger charge is 2.25. The van der Waals surface area contributed by atoms with Gasteiger partial charge in [0.05, 0.1) is 5.25 Å². The molecule has 0 amide bonds. The monoisotopic (exact) mass is 262 g/mol. The van der Waals surface area contributed by atoms with Gasteiger partial charge in [0.25, 0.3) is 0 Å². The molecular formula is C12H26N2O2S. The molecule has 102 valence electrons. The number of rotatable bonds is 8. The standard InChI is InChI=1S/C12H26N2O2S/c1-9(2)10(3)7-14-17(15,16)11(4)8-13-12-5-6-12/h9-14H,5-8H2,1-4H3. The zero-order valence-corrected chi connectivity index (χ0v) is 12.2. The van der Waals surface area contributed by atoms with Gasteiger partial charge in [0.2, 0.25) is 10.0 Å². The molecule has 0 aliphatic heterocycles. The second-order valence-electron chi connectivity index (χ2n) is 5.61. The van der Waals surface area contributed by atoms with Crippen molar-refractivity contribution < 1.29 is 8.42 Å². The van der Waals surface area contributed by atoms with E-state index >= 15 is 0 Å². The lowest BCUT2D eigenvalue weighted by Crippen LogP contribution is -2.41. The van der Waals surface area contributed by atoms with Crippen LogP contribution in [0.1, 0.15) is 40.5 Å². The zero-order valence-electron chi connectivity index (χ0n) is 11.4. The summed E-state index contributed by atoms with van der Waals surface area (Å²) >= 11 is 0. The minimum atomic E-state index is -3.17. The van der Waals surface area contributed by atoms with Gasteiger partial charge in [-0.3, -0.25) is 0 Å². The summed E-state index contributed by atoms with van der Waals surface area (Å²) in [5.41, 5.74) is 0. The maximum Gasteiger partial charge on any atom is 0.215 e. The summed E-state index contributed by atoms with van der Waals surface area (Å²) in [4.78, 5) is 0. The molecule has 5 heteroatoms. The Balaban J connectivity index is 2.32. The van der Waals surface area contributed by atoms with Gasteiger partial charge in [-0.05, 0) is 31.6 Å². The van der Waals surface area contributed by atoms with E-state index in [1.165, 1.54) is 12.8 Å². The number of nitrogens with one attached hydrogen (secondary N) is 2. The lowest BCUT2D eigenvalue weighted by atomic mass is 9.99. The van der Waals surface area contributed by atoms with Crippen LogP contribution in [0.2, 0.25) is 0 Å². The quantitative estimate of drug-likeness (QED) is 0.694. The van der Waals surface area contributed by atoms with Crippen molar-refractivity contribution in [1.29, 1.82) is 0 Å². The summed E-state index contributed by atoms with van der Waals surface area (Å²) in [5.74, 6) is 0.867. The lowest BCUT2D eigenvalue weighted by Gasteiger charge is -2.19. The molecule has 2 atom stereocenters. The van der Waals surface area contributed by atoms with Crippen molar-refractivity contribution in [2.75, 3.05) is 13.1 Å². The van der Waals surface area contributed by atoms with Crippen LogP contribution in [-0.2, 0) is 10.0 Å². The molecule has 0 bridgehead atoms. The molecule has 4 nitrogen and oxygen atoms in total. The minimum absolute atomic E-state index is 0.359. The molecule has 1 rings (SSSR count). The van der Waals surface area contributed by atoms with Gasteiger partial charge >= 0.3 is 0 Å². The first-order valence-corrected chi connectivity index (χ1v) is 8.09. The first-order chi connectivity index (χ1) is 7.83. The van der Waals surface area contributed by atoms with Gasteiger partial charge in [-0.2, -0.15) is 0 Å². The van der Waals surface area contributed by atoms with E-state index in [0.717, 1.165) is 0 Å². The third kappa shape index (κ3) is 5.36. The van der Waals surface area contributed by atoms with Gasteiger partial charge in [-0.15, -0.1) is 0 Å². The number of hydrogen-bond donors (Lipinski definition) is 2. The normalized spacial score (nSPS) is 20.5. The molecule has 0 heterocycles. The molecule has 2 unspecified atom stereocenters. The van der Waals surface area contributed by atoms with Gasteiger partial charge in [-0.25, -0.2) is 13.1 Å². The van der Waals surface area contributed by atoms with Crippen LogP contribution >= 0.6 is 0 Å². The molecule has 2 N–H and O–H groups in total. The van der Waals surface area contributed by atoms with E-state index in [9.17, 15) is 8.42 Å². The molecule has 17 heavy (non-hydrogen) atoms. The van der Waals surface area contributed by atoms with Gasteiger partial charge in [0, 0.05) is 19.1 Å². The largest absolute Gasteiger partial charge is 0.313 e. The Morgan fingerprint density at radius 2 is 1.71 bits per heavy atom. The Morgan fingerprint density at radius 1 is 1.12 bits per heavy atom. The highest BCUT2D eigenvalue weighted by molar-refractivity contribution is 7.90. The zero-order chi connectivity index (χ0) is 13.1. The Bertz CT molecular complexity index is 323. The Morgan fingerprint density at radius 3 is 2.18 bits per heavy atom. The highest BCUT2D eigenvalue weighted by atomic mass is 32.2. The summed E-state index contributed by atoms with van der Waals surface area (Å²) in [6.07, 6.45) is 2.37. The second kappa shape index (κ2) is 6.16. The van der Waals surface area contributed by atoms with Crippen molar-refractivity contribution in [1.82, 2.24) is 10.0 Å². The van der Waals surface area contributed by atoms with E-state index in [2.05, 4.69) is 30.8 Å². The van der Waals surface area contributed by atoms with Gasteiger partial charge < -0.3 is 5.32 Å². The third-order valence-corrected chi connectivity index (χ3v) is 5.34. The molecule has 0 aromatic carbocycles. The topological polar surface area (TPSA) is 58.2 Å². The molecule has 0 radical (unpaired) electrons. The number of hydrogen-bond acceptors (Lipinski definition) is 3. The predicted molar refractivity (Wildman–Crippen MR) is 71.4 cm³/mol. The van der Waals surface area contributed by atoms with Crippen LogP contribution in [0.5, 0.6) is 0 Å². The first-order valence-electron chi connectivity index (χ1n) is 6.54. The summed E-state index contributed by atoms with van der Waals surface area (Å²) in [5, 5.41) is 2.89. The van der Waals surface area contributed by atoms with Crippen LogP contribution in [0.15, 0.2) is 0 Å². The number of sulfonamides is 1. The molecule has 1 aliphatic rings. The SMILES string of the molecule is CC(C)C(C)CNS(=O)(=O)C(C)CNC1CC1. The maximum atomic E-state index is 11.9. The summed E-state index contributed by atoms with van der Waals surface area (Å²) in [6, 6.07) is 0.558. The summed E-state index contributed by atoms with van der Waals surface area (Å²) in [6.45, 7) is 9.13. The molecule has 0 aromatic rings. The summed E-state index contributed by atoms with van der Waals surface area (Å²) < 4.78 is 26.6. The van der Waals surface area contributed by atoms with Crippen LogP contribution in [0.25, 0.3) is 0 Å². The minimum Gasteiger partial charge on any atom is -0.313 e.